The van der Waals surface area contributed by atoms with Gasteiger partial charge in [0.1, 0.15) is 0 Å². The Bertz CT molecular complexity index is 235. The molecule has 3 aliphatic rings. The Kier molecular flexibility index (Phi) is 4.02. The smallest absolute Gasteiger partial charge is 0.0223 e. The molecule has 0 aromatic carbocycles. The second kappa shape index (κ2) is 5.71. The Labute approximate surface area is 106 Å². The van der Waals surface area contributed by atoms with Crippen molar-refractivity contribution in [3.05, 3.63) is 0 Å². The van der Waals surface area contributed by atoms with Gasteiger partial charge in [0.05, 0.1) is 0 Å². The first-order valence-electron chi connectivity index (χ1n) is 7.91. The highest BCUT2D eigenvalue weighted by molar-refractivity contribution is 4.86. The number of hydrogen-bond donors (Lipinski definition) is 0. The van der Waals surface area contributed by atoms with Crippen LogP contribution in [0.1, 0.15) is 57.8 Å². The zero-order valence-corrected chi connectivity index (χ0v) is 11.2. The molecule has 0 N–H and O–H groups in total. The maximum Gasteiger partial charge on any atom is 0.0223 e. The van der Waals surface area contributed by atoms with E-state index >= 15 is 0 Å². The molecule has 2 saturated heterocycles. The Morgan fingerprint density at radius 2 is 1.18 bits per heavy atom. The molecule has 2 heterocycles. The molecule has 1 atom stereocenters. The molecule has 0 aromatic heterocycles. The Balaban J connectivity index is 1.61. The van der Waals surface area contributed by atoms with Crippen LogP contribution < -0.4 is 0 Å². The molecule has 0 amide bonds. The number of hydrogen-bond acceptors (Lipinski definition) is 2. The molecule has 3 fully saturated rings. The molecular formula is C15H28N2. The first-order valence-corrected chi connectivity index (χ1v) is 7.91. The van der Waals surface area contributed by atoms with Crippen LogP contribution in [0.15, 0.2) is 0 Å². The minimum absolute atomic E-state index is 0.896. The summed E-state index contributed by atoms with van der Waals surface area (Å²) in [5, 5.41) is 0. The first-order chi connectivity index (χ1) is 8.43. The summed E-state index contributed by atoms with van der Waals surface area (Å²) in [5.74, 6) is 0. The molecule has 98 valence electrons. The van der Waals surface area contributed by atoms with E-state index in [0.29, 0.717) is 0 Å². The molecule has 1 saturated carbocycles. The summed E-state index contributed by atoms with van der Waals surface area (Å²) in [7, 11) is 0. The monoisotopic (exact) mass is 236 g/mol. The van der Waals surface area contributed by atoms with E-state index in [1.807, 2.05) is 0 Å². The Morgan fingerprint density at radius 3 is 2.06 bits per heavy atom. The lowest BCUT2D eigenvalue weighted by molar-refractivity contribution is 0.106. The van der Waals surface area contributed by atoms with Crippen molar-refractivity contribution < 1.29 is 0 Å². The van der Waals surface area contributed by atoms with Gasteiger partial charge in [-0.1, -0.05) is 25.7 Å². The molecule has 1 aliphatic carbocycles. The van der Waals surface area contributed by atoms with Crippen LogP contribution >= 0.6 is 0 Å². The highest BCUT2D eigenvalue weighted by Crippen LogP contribution is 2.27. The lowest BCUT2D eigenvalue weighted by Crippen LogP contribution is -2.46. The predicted molar refractivity (Wildman–Crippen MR) is 72.3 cm³/mol. The molecule has 17 heavy (non-hydrogen) atoms. The van der Waals surface area contributed by atoms with Crippen LogP contribution in [-0.2, 0) is 0 Å². The van der Waals surface area contributed by atoms with Gasteiger partial charge in [0.2, 0.25) is 0 Å². The number of fused-ring (bicyclic) bond motifs is 1. The topological polar surface area (TPSA) is 6.48 Å². The van der Waals surface area contributed by atoms with Crippen LogP contribution in [0.2, 0.25) is 0 Å². The third-order valence-electron chi connectivity index (χ3n) is 5.18. The third-order valence-corrected chi connectivity index (χ3v) is 5.18. The van der Waals surface area contributed by atoms with Crippen molar-refractivity contribution in [1.82, 2.24) is 9.80 Å². The second-order valence-corrected chi connectivity index (χ2v) is 6.33. The van der Waals surface area contributed by atoms with Gasteiger partial charge in [-0.15, -0.1) is 0 Å². The van der Waals surface area contributed by atoms with Gasteiger partial charge in [-0.3, -0.25) is 9.80 Å². The molecule has 2 heteroatoms. The summed E-state index contributed by atoms with van der Waals surface area (Å²) in [5.41, 5.74) is 0. The molecule has 0 radical (unpaired) electrons. The van der Waals surface area contributed by atoms with E-state index in [1.54, 1.807) is 0 Å². The van der Waals surface area contributed by atoms with E-state index in [4.69, 9.17) is 0 Å². The lowest BCUT2D eigenvalue weighted by Gasteiger charge is -2.38. The van der Waals surface area contributed by atoms with E-state index in [9.17, 15) is 0 Å². The van der Waals surface area contributed by atoms with Crippen LogP contribution in [0, 0.1) is 0 Å². The molecule has 0 spiro atoms. The van der Waals surface area contributed by atoms with Gasteiger partial charge < -0.3 is 0 Å². The quantitative estimate of drug-likeness (QED) is 0.691. The number of nitrogens with zero attached hydrogens (tertiary/aromatic N) is 2. The summed E-state index contributed by atoms with van der Waals surface area (Å²) in [6.45, 7) is 5.50. The van der Waals surface area contributed by atoms with Gasteiger partial charge in [0.25, 0.3) is 0 Å². The Morgan fingerprint density at radius 1 is 0.529 bits per heavy atom. The summed E-state index contributed by atoms with van der Waals surface area (Å²) >= 11 is 0. The minimum atomic E-state index is 0.896. The van der Waals surface area contributed by atoms with E-state index < -0.39 is 0 Å². The van der Waals surface area contributed by atoms with Gasteiger partial charge in [-0.25, -0.2) is 0 Å². The third kappa shape index (κ3) is 2.85. The zero-order valence-electron chi connectivity index (χ0n) is 11.2. The van der Waals surface area contributed by atoms with Crippen LogP contribution in [0.25, 0.3) is 0 Å². The zero-order chi connectivity index (χ0) is 11.5. The van der Waals surface area contributed by atoms with Gasteiger partial charge in [0.15, 0.2) is 0 Å². The van der Waals surface area contributed by atoms with Crippen molar-refractivity contribution in [3.8, 4) is 0 Å². The van der Waals surface area contributed by atoms with E-state index in [0.717, 1.165) is 12.1 Å². The molecule has 1 unspecified atom stereocenters. The second-order valence-electron chi connectivity index (χ2n) is 6.33. The van der Waals surface area contributed by atoms with E-state index in [-0.39, 0.29) is 0 Å². The normalized spacial score (nSPS) is 34.2. The van der Waals surface area contributed by atoms with Crippen molar-refractivity contribution >= 4 is 0 Å². The van der Waals surface area contributed by atoms with Crippen LogP contribution in [0.4, 0.5) is 0 Å². The summed E-state index contributed by atoms with van der Waals surface area (Å²) in [6.07, 6.45) is 13.2. The van der Waals surface area contributed by atoms with E-state index in [1.165, 1.54) is 84.0 Å². The minimum Gasteiger partial charge on any atom is -0.299 e. The summed E-state index contributed by atoms with van der Waals surface area (Å²) < 4.78 is 0. The van der Waals surface area contributed by atoms with Crippen molar-refractivity contribution in [2.45, 2.75) is 69.9 Å². The molecule has 3 rings (SSSR count). The average Bonchev–Trinajstić information content (AvgIpc) is 2.62. The molecule has 2 aliphatic heterocycles. The van der Waals surface area contributed by atoms with Gasteiger partial charge in [-0.05, 0) is 51.7 Å². The standard InChI is InChI=1S/C15H28N2/c1-2-7-14(8-3-1)17-12-6-11-16-10-5-4-9-15(16)13-17/h14-15H,1-13H2. The van der Waals surface area contributed by atoms with E-state index in [2.05, 4.69) is 9.80 Å². The number of piperidine rings is 1. The molecule has 0 aromatic rings. The maximum atomic E-state index is 2.86. The van der Waals surface area contributed by atoms with Crippen molar-refractivity contribution in [2.24, 2.45) is 0 Å². The molecular weight excluding hydrogens is 208 g/mol. The average molecular weight is 236 g/mol. The lowest BCUT2D eigenvalue weighted by atomic mass is 9.93. The Hall–Kier alpha value is -0.0800. The van der Waals surface area contributed by atoms with Crippen molar-refractivity contribution in [3.63, 3.8) is 0 Å². The maximum absolute atomic E-state index is 2.86. The van der Waals surface area contributed by atoms with Crippen LogP contribution in [0.5, 0.6) is 0 Å². The van der Waals surface area contributed by atoms with Crippen molar-refractivity contribution in [1.29, 1.82) is 0 Å². The fourth-order valence-corrected chi connectivity index (χ4v) is 4.18. The van der Waals surface area contributed by atoms with Crippen molar-refractivity contribution in [2.75, 3.05) is 26.2 Å². The van der Waals surface area contributed by atoms with Crippen LogP contribution in [0.3, 0.4) is 0 Å². The summed E-state index contributed by atoms with van der Waals surface area (Å²) in [4.78, 5) is 5.64. The highest BCUT2D eigenvalue weighted by Gasteiger charge is 2.30. The highest BCUT2D eigenvalue weighted by atomic mass is 15.3. The summed E-state index contributed by atoms with van der Waals surface area (Å²) in [6, 6.07) is 1.83. The van der Waals surface area contributed by atoms with Gasteiger partial charge >= 0.3 is 0 Å². The van der Waals surface area contributed by atoms with Crippen LogP contribution in [-0.4, -0.2) is 48.1 Å². The molecule has 2 nitrogen and oxygen atoms in total. The molecule has 0 bridgehead atoms. The SMILES string of the molecule is C1CCC(N2CCCN3CCCCC3C2)CC1. The predicted octanol–water partition coefficient (Wildman–Crippen LogP) is 2.88. The fourth-order valence-electron chi connectivity index (χ4n) is 4.18. The van der Waals surface area contributed by atoms with Gasteiger partial charge in [0, 0.05) is 18.6 Å². The largest absolute Gasteiger partial charge is 0.299 e. The van der Waals surface area contributed by atoms with Gasteiger partial charge in [-0.2, -0.15) is 0 Å². The number of rotatable bonds is 1. The first kappa shape index (κ1) is 12.0. The fraction of sp³-hybridized carbons (Fsp3) is 1.00.